The molecule has 0 aliphatic rings. The van der Waals surface area contributed by atoms with E-state index in [1.54, 1.807) is 12.1 Å². The Hall–Kier alpha value is -2.00. The van der Waals surface area contributed by atoms with Crippen LogP contribution < -0.4 is 0 Å². The van der Waals surface area contributed by atoms with Crippen LogP contribution in [0.4, 0.5) is 0 Å². The van der Waals surface area contributed by atoms with Crippen molar-refractivity contribution in [1.29, 1.82) is 0 Å². The van der Waals surface area contributed by atoms with Crippen molar-refractivity contribution in [1.82, 2.24) is 0 Å². The van der Waals surface area contributed by atoms with Crippen molar-refractivity contribution in [2.45, 2.75) is 0 Å². The summed E-state index contributed by atoms with van der Waals surface area (Å²) in [6.45, 7) is 0. The van der Waals surface area contributed by atoms with Gasteiger partial charge in [-0.3, -0.25) is 0 Å². The van der Waals surface area contributed by atoms with Gasteiger partial charge in [0.25, 0.3) is 0 Å². The zero-order chi connectivity index (χ0) is 13.1. The number of ether oxygens (including phenoxy) is 1. The molecule has 2 aromatic rings. The number of phenolic OH excluding ortho intramolecular Hbond substituents is 1. The first-order valence-corrected chi connectivity index (χ1v) is 5.67. The molecule has 0 saturated heterocycles. The zero-order valence-electron chi connectivity index (χ0n) is 9.68. The van der Waals surface area contributed by atoms with Gasteiger partial charge in [0, 0.05) is 10.6 Å². The van der Waals surface area contributed by atoms with Crippen LogP contribution in [0.2, 0.25) is 5.02 Å². The largest absolute Gasteiger partial charge is 0.507 e. The first-order chi connectivity index (χ1) is 8.63. The molecule has 0 aromatic heterocycles. The molecule has 2 rings (SSSR count). The molecule has 1 N–H and O–H groups in total. The van der Waals surface area contributed by atoms with Crippen molar-refractivity contribution in [3.05, 3.63) is 53.1 Å². The van der Waals surface area contributed by atoms with Gasteiger partial charge >= 0.3 is 5.97 Å². The number of hydrogen-bond acceptors (Lipinski definition) is 3. The molecule has 18 heavy (non-hydrogen) atoms. The lowest BCUT2D eigenvalue weighted by Crippen LogP contribution is -2.01. The SMILES string of the molecule is COC(=O)c1ccc(-c2ccccc2Cl)cc1O. The Morgan fingerprint density at radius 2 is 1.94 bits per heavy atom. The highest BCUT2D eigenvalue weighted by Crippen LogP contribution is 2.31. The Balaban J connectivity index is 2.47. The predicted octanol–water partition coefficient (Wildman–Crippen LogP) is 3.50. The molecule has 0 aliphatic carbocycles. The second-order valence-electron chi connectivity index (χ2n) is 3.70. The molecular weight excluding hydrogens is 252 g/mol. The predicted molar refractivity (Wildman–Crippen MR) is 69.9 cm³/mol. The molecule has 92 valence electrons. The van der Waals surface area contributed by atoms with Crippen LogP contribution in [-0.2, 0) is 4.74 Å². The van der Waals surface area contributed by atoms with Gasteiger partial charge < -0.3 is 9.84 Å². The highest BCUT2D eigenvalue weighted by Gasteiger charge is 2.12. The van der Waals surface area contributed by atoms with E-state index >= 15 is 0 Å². The Morgan fingerprint density at radius 3 is 2.56 bits per heavy atom. The number of benzene rings is 2. The summed E-state index contributed by atoms with van der Waals surface area (Å²) >= 11 is 6.07. The molecular formula is C14H11ClO3. The summed E-state index contributed by atoms with van der Waals surface area (Å²) in [6, 6.07) is 12.0. The normalized spacial score (nSPS) is 10.1. The van der Waals surface area contributed by atoms with E-state index in [9.17, 15) is 9.90 Å². The van der Waals surface area contributed by atoms with Crippen molar-refractivity contribution in [2.24, 2.45) is 0 Å². The monoisotopic (exact) mass is 262 g/mol. The molecule has 0 radical (unpaired) electrons. The molecule has 0 fully saturated rings. The highest BCUT2D eigenvalue weighted by molar-refractivity contribution is 6.33. The fraction of sp³-hybridized carbons (Fsp3) is 0.0714. The van der Waals surface area contributed by atoms with Crippen LogP contribution in [-0.4, -0.2) is 18.2 Å². The van der Waals surface area contributed by atoms with E-state index in [0.717, 1.165) is 11.1 Å². The van der Waals surface area contributed by atoms with Crippen LogP contribution in [0.3, 0.4) is 0 Å². The molecule has 0 aliphatic heterocycles. The Morgan fingerprint density at radius 1 is 1.22 bits per heavy atom. The van der Waals surface area contributed by atoms with Crippen molar-refractivity contribution in [2.75, 3.05) is 7.11 Å². The minimum Gasteiger partial charge on any atom is -0.507 e. The number of halogens is 1. The third-order valence-corrected chi connectivity index (χ3v) is 2.92. The summed E-state index contributed by atoms with van der Waals surface area (Å²) in [4.78, 5) is 11.3. The first kappa shape index (κ1) is 12.5. The van der Waals surface area contributed by atoms with Gasteiger partial charge in [-0.25, -0.2) is 4.79 Å². The van der Waals surface area contributed by atoms with Gasteiger partial charge in [-0.1, -0.05) is 35.9 Å². The summed E-state index contributed by atoms with van der Waals surface area (Å²) in [7, 11) is 1.27. The topological polar surface area (TPSA) is 46.5 Å². The molecule has 4 heteroatoms. The summed E-state index contributed by atoms with van der Waals surface area (Å²) in [5.41, 5.74) is 1.67. The molecule has 0 saturated carbocycles. The average molecular weight is 263 g/mol. The van der Waals surface area contributed by atoms with E-state index in [1.165, 1.54) is 19.2 Å². The fourth-order valence-corrected chi connectivity index (χ4v) is 1.92. The van der Waals surface area contributed by atoms with E-state index in [-0.39, 0.29) is 11.3 Å². The summed E-state index contributed by atoms with van der Waals surface area (Å²) in [6.07, 6.45) is 0. The summed E-state index contributed by atoms with van der Waals surface area (Å²) < 4.78 is 4.56. The molecule has 0 spiro atoms. The van der Waals surface area contributed by atoms with Crippen molar-refractivity contribution < 1.29 is 14.6 Å². The van der Waals surface area contributed by atoms with Gasteiger partial charge in [-0.15, -0.1) is 0 Å². The van der Waals surface area contributed by atoms with E-state index in [1.807, 2.05) is 18.2 Å². The molecule has 0 atom stereocenters. The molecule has 0 bridgehead atoms. The lowest BCUT2D eigenvalue weighted by Gasteiger charge is -2.07. The Kier molecular flexibility index (Phi) is 3.53. The zero-order valence-corrected chi connectivity index (χ0v) is 10.4. The lowest BCUT2D eigenvalue weighted by atomic mass is 10.0. The second kappa shape index (κ2) is 5.10. The van der Waals surface area contributed by atoms with Crippen molar-refractivity contribution in [3.63, 3.8) is 0 Å². The van der Waals surface area contributed by atoms with Crippen LogP contribution in [0.25, 0.3) is 11.1 Å². The third-order valence-electron chi connectivity index (χ3n) is 2.59. The number of rotatable bonds is 2. The molecule has 2 aromatic carbocycles. The number of phenols is 1. The minimum atomic E-state index is -0.571. The minimum absolute atomic E-state index is 0.126. The fourth-order valence-electron chi connectivity index (χ4n) is 1.68. The first-order valence-electron chi connectivity index (χ1n) is 5.29. The number of esters is 1. The van der Waals surface area contributed by atoms with E-state index < -0.39 is 5.97 Å². The number of carbonyl (C=O) groups excluding carboxylic acids is 1. The van der Waals surface area contributed by atoms with Crippen LogP contribution in [0, 0.1) is 0 Å². The van der Waals surface area contributed by atoms with Crippen molar-refractivity contribution >= 4 is 17.6 Å². The number of methoxy groups -OCH3 is 1. The highest BCUT2D eigenvalue weighted by atomic mass is 35.5. The van der Waals surface area contributed by atoms with Gasteiger partial charge in [-0.05, 0) is 23.8 Å². The third kappa shape index (κ3) is 2.31. The van der Waals surface area contributed by atoms with Gasteiger partial charge in [0.05, 0.1) is 7.11 Å². The summed E-state index contributed by atoms with van der Waals surface area (Å²) in [5, 5.41) is 10.4. The quantitative estimate of drug-likeness (QED) is 0.843. The van der Waals surface area contributed by atoms with Crippen LogP contribution in [0.15, 0.2) is 42.5 Å². The van der Waals surface area contributed by atoms with Crippen molar-refractivity contribution in [3.8, 4) is 16.9 Å². The molecule has 0 amide bonds. The van der Waals surface area contributed by atoms with E-state index in [2.05, 4.69) is 4.74 Å². The second-order valence-corrected chi connectivity index (χ2v) is 4.11. The average Bonchev–Trinajstić information content (AvgIpc) is 2.38. The van der Waals surface area contributed by atoms with Crippen LogP contribution in [0.1, 0.15) is 10.4 Å². The number of hydrogen-bond donors (Lipinski definition) is 1. The molecule has 0 heterocycles. The standard InChI is InChI=1S/C14H11ClO3/c1-18-14(17)11-7-6-9(8-13(11)16)10-4-2-3-5-12(10)15/h2-8,16H,1H3. The van der Waals surface area contributed by atoms with Crippen LogP contribution >= 0.6 is 11.6 Å². The maximum absolute atomic E-state index is 11.3. The Bertz CT molecular complexity index is 593. The smallest absolute Gasteiger partial charge is 0.341 e. The van der Waals surface area contributed by atoms with Gasteiger partial charge in [0.1, 0.15) is 11.3 Å². The Labute approximate surface area is 110 Å². The maximum Gasteiger partial charge on any atom is 0.341 e. The van der Waals surface area contributed by atoms with Gasteiger partial charge in [0.15, 0.2) is 0 Å². The number of aromatic hydroxyl groups is 1. The lowest BCUT2D eigenvalue weighted by molar-refractivity contribution is 0.0597. The van der Waals surface area contributed by atoms with E-state index in [0.29, 0.717) is 5.02 Å². The molecule has 0 unspecified atom stereocenters. The van der Waals surface area contributed by atoms with Gasteiger partial charge in [-0.2, -0.15) is 0 Å². The number of carbonyl (C=O) groups is 1. The van der Waals surface area contributed by atoms with E-state index in [4.69, 9.17) is 11.6 Å². The van der Waals surface area contributed by atoms with Crippen LogP contribution in [0.5, 0.6) is 5.75 Å². The summed E-state index contributed by atoms with van der Waals surface area (Å²) in [5.74, 6) is -0.697. The maximum atomic E-state index is 11.3. The molecule has 3 nitrogen and oxygen atoms in total. The van der Waals surface area contributed by atoms with Gasteiger partial charge in [0.2, 0.25) is 0 Å².